The van der Waals surface area contributed by atoms with Crippen molar-refractivity contribution in [2.75, 3.05) is 32.1 Å². The van der Waals surface area contributed by atoms with Gasteiger partial charge in [-0.2, -0.15) is 0 Å². The molecule has 116 valence electrons. The minimum Gasteiger partial charge on any atom is -0.478 e. The third kappa shape index (κ3) is 4.16. The topological polar surface area (TPSA) is 86.9 Å². The van der Waals surface area contributed by atoms with Gasteiger partial charge in [-0.05, 0) is 40.1 Å². The van der Waals surface area contributed by atoms with Crippen molar-refractivity contribution in [1.29, 1.82) is 0 Å². The summed E-state index contributed by atoms with van der Waals surface area (Å²) in [7, 11) is 3.85. The quantitative estimate of drug-likeness (QED) is 0.612. The second-order valence-electron chi connectivity index (χ2n) is 5.16. The van der Waals surface area contributed by atoms with Crippen LogP contribution in [0.25, 0.3) is 0 Å². The fraction of sp³-hybridized carbons (Fsp3) is 0.500. The summed E-state index contributed by atoms with van der Waals surface area (Å²) in [6, 6.07) is 3.90. The fourth-order valence-electron chi connectivity index (χ4n) is 2.39. The van der Waals surface area contributed by atoms with Crippen molar-refractivity contribution in [2.24, 2.45) is 0 Å². The van der Waals surface area contributed by atoms with Gasteiger partial charge in [-0.25, -0.2) is 4.79 Å². The second kappa shape index (κ2) is 7.03. The van der Waals surface area contributed by atoms with Crippen molar-refractivity contribution in [2.45, 2.75) is 19.9 Å². The lowest BCUT2D eigenvalue weighted by Crippen LogP contribution is -2.40. The van der Waals surface area contributed by atoms with Crippen LogP contribution in [0, 0.1) is 10.1 Å². The van der Waals surface area contributed by atoms with E-state index in [4.69, 9.17) is 5.11 Å². The molecule has 0 spiro atoms. The number of carbonyl (C=O) groups is 1. The molecule has 0 aliphatic heterocycles. The number of carboxylic acid groups (broad SMARTS) is 1. The molecule has 0 amide bonds. The van der Waals surface area contributed by atoms with Crippen molar-refractivity contribution in [3.63, 3.8) is 0 Å². The van der Waals surface area contributed by atoms with Gasteiger partial charge in [0.15, 0.2) is 0 Å². The molecule has 0 fully saturated rings. The minimum atomic E-state index is -1.09. The van der Waals surface area contributed by atoms with E-state index in [1.165, 1.54) is 18.2 Å². The number of aromatic carboxylic acids is 1. The van der Waals surface area contributed by atoms with Gasteiger partial charge < -0.3 is 14.9 Å². The Hall–Kier alpha value is -2.15. The summed E-state index contributed by atoms with van der Waals surface area (Å²) >= 11 is 0. The molecule has 1 unspecified atom stereocenters. The molecule has 1 aromatic carbocycles. The molecule has 0 radical (unpaired) electrons. The highest BCUT2D eigenvalue weighted by atomic mass is 16.6. The number of hydrogen-bond acceptors (Lipinski definition) is 5. The van der Waals surface area contributed by atoms with Crippen LogP contribution in [0.3, 0.4) is 0 Å². The molecule has 0 aliphatic carbocycles. The normalized spacial score (nSPS) is 12.2. The highest BCUT2D eigenvalue weighted by Crippen LogP contribution is 2.30. The standard InChI is InChI=1S/C14H21N3O4/c1-5-16(10(2)9-15(3)4)13-8-11(14(18)19)6-7-12(13)17(20)21/h6-8,10H,5,9H2,1-4H3,(H,18,19). The second-order valence-corrected chi connectivity index (χ2v) is 5.16. The Bertz CT molecular complexity index is 531. The van der Waals surface area contributed by atoms with Gasteiger partial charge in [0.25, 0.3) is 5.69 Å². The number of likely N-dealkylation sites (N-methyl/N-ethyl adjacent to an activating group) is 2. The Kier molecular flexibility index (Phi) is 5.66. The van der Waals surface area contributed by atoms with Crippen LogP contribution in [0.2, 0.25) is 0 Å². The average Bonchev–Trinajstić information content (AvgIpc) is 2.38. The van der Waals surface area contributed by atoms with Crippen molar-refractivity contribution in [1.82, 2.24) is 4.90 Å². The van der Waals surface area contributed by atoms with Gasteiger partial charge in [0.2, 0.25) is 0 Å². The van der Waals surface area contributed by atoms with Crippen LogP contribution in [-0.2, 0) is 0 Å². The van der Waals surface area contributed by atoms with Crippen LogP contribution in [0.4, 0.5) is 11.4 Å². The Morgan fingerprint density at radius 3 is 2.48 bits per heavy atom. The number of anilines is 1. The number of hydrogen-bond donors (Lipinski definition) is 1. The number of nitro groups is 1. The molecule has 0 saturated carbocycles. The molecule has 7 nitrogen and oxygen atoms in total. The van der Waals surface area contributed by atoms with E-state index in [0.29, 0.717) is 18.8 Å². The first-order valence-electron chi connectivity index (χ1n) is 6.71. The lowest BCUT2D eigenvalue weighted by molar-refractivity contribution is -0.384. The van der Waals surface area contributed by atoms with Crippen LogP contribution in [0.5, 0.6) is 0 Å². The van der Waals surface area contributed by atoms with E-state index < -0.39 is 10.9 Å². The molecule has 1 N–H and O–H groups in total. The van der Waals surface area contributed by atoms with Gasteiger partial charge in [0.05, 0.1) is 10.5 Å². The van der Waals surface area contributed by atoms with Crippen LogP contribution in [0.15, 0.2) is 18.2 Å². The maximum absolute atomic E-state index is 11.2. The smallest absolute Gasteiger partial charge is 0.335 e. The summed E-state index contributed by atoms with van der Waals surface area (Å²) in [4.78, 5) is 25.6. The molecule has 0 bridgehead atoms. The Balaban J connectivity index is 3.30. The van der Waals surface area contributed by atoms with Crippen molar-refractivity contribution in [3.8, 4) is 0 Å². The monoisotopic (exact) mass is 295 g/mol. The van der Waals surface area contributed by atoms with Gasteiger partial charge in [0, 0.05) is 25.2 Å². The predicted octanol–water partition coefficient (Wildman–Crippen LogP) is 2.07. The molecule has 1 rings (SSSR count). The van der Waals surface area contributed by atoms with Crippen molar-refractivity contribution >= 4 is 17.3 Å². The summed E-state index contributed by atoms with van der Waals surface area (Å²) in [5.74, 6) is -1.09. The first kappa shape index (κ1) is 16.9. The van der Waals surface area contributed by atoms with Crippen molar-refractivity contribution < 1.29 is 14.8 Å². The van der Waals surface area contributed by atoms with Gasteiger partial charge >= 0.3 is 5.97 Å². The zero-order valence-electron chi connectivity index (χ0n) is 12.7. The maximum Gasteiger partial charge on any atom is 0.335 e. The number of rotatable bonds is 7. The minimum absolute atomic E-state index is 0.0211. The van der Waals surface area contributed by atoms with E-state index in [2.05, 4.69) is 0 Å². The van der Waals surface area contributed by atoms with Gasteiger partial charge in [-0.15, -0.1) is 0 Å². The largest absolute Gasteiger partial charge is 0.478 e. The van der Waals surface area contributed by atoms with Crippen LogP contribution < -0.4 is 4.90 Å². The van der Waals surface area contributed by atoms with Gasteiger partial charge in [-0.3, -0.25) is 10.1 Å². The predicted molar refractivity (Wildman–Crippen MR) is 81.1 cm³/mol. The third-order valence-corrected chi connectivity index (χ3v) is 3.23. The molecule has 0 aromatic heterocycles. The van der Waals surface area contributed by atoms with Gasteiger partial charge in [0.1, 0.15) is 5.69 Å². The molecule has 1 aromatic rings. The van der Waals surface area contributed by atoms with Crippen LogP contribution in [0.1, 0.15) is 24.2 Å². The number of carboxylic acids is 1. The molecule has 0 aliphatic rings. The average molecular weight is 295 g/mol. The van der Waals surface area contributed by atoms with E-state index in [9.17, 15) is 14.9 Å². The zero-order chi connectivity index (χ0) is 16.2. The zero-order valence-corrected chi connectivity index (χ0v) is 12.7. The summed E-state index contributed by atoms with van der Waals surface area (Å²) in [5.41, 5.74) is 0.315. The van der Waals surface area contributed by atoms with E-state index in [1.54, 1.807) is 0 Å². The van der Waals surface area contributed by atoms with E-state index in [-0.39, 0.29) is 17.3 Å². The van der Waals surface area contributed by atoms with Crippen LogP contribution in [-0.4, -0.2) is 54.1 Å². The molecule has 7 heteroatoms. The molecular formula is C14H21N3O4. The number of nitro benzene ring substituents is 1. The molecule has 21 heavy (non-hydrogen) atoms. The summed E-state index contributed by atoms with van der Waals surface area (Å²) in [6.07, 6.45) is 0. The molecule has 1 atom stereocenters. The first-order valence-corrected chi connectivity index (χ1v) is 6.71. The molecule has 0 saturated heterocycles. The Labute approximate surface area is 123 Å². The van der Waals surface area contributed by atoms with Gasteiger partial charge in [-0.1, -0.05) is 0 Å². The number of benzene rings is 1. The van der Waals surface area contributed by atoms with Crippen LogP contribution >= 0.6 is 0 Å². The van der Waals surface area contributed by atoms with E-state index in [1.807, 2.05) is 37.7 Å². The summed E-state index contributed by atoms with van der Waals surface area (Å²) in [5, 5.41) is 20.3. The van der Waals surface area contributed by atoms with Crippen molar-refractivity contribution in [3.05, 3.63) is 33.9 Å². The lowest BCUT2D eigenvalue weighted by atomic mass is 10.1. The summed E-state index contributed by atoms with van der Waals surface area (Å²) in [6.45, 7) is 5.12. The molecule has 0 heterocycles. The summed E-state index contributed by atoms with van der Waals surface area (Å²) < 4.78 is 0. The fourth-order valence-corrected chi connectivity index (χ4v) is 2.39. The highest BCUT2D eigenvalue weighted by molar-refractivity contribution is 5.90. The van der Waals surface area contributed by atoms with E-state index in [0.717, 1.165) is 0 Å². The first-order chi connectivity index (χ1) is 9.77. The Morgan fingerprint density at radius 2 is 2.05 bits per heavy atom. The third-order valence-electron chi connectivity index (χ3n) is 3.23. The molecular weight excluding hydrogens is 274 g/mol. The Morgan fingerprint density at radius 1 is 1.43 bits per heavy atom. The number of nitrogens with zero attached hydrogens (tertiary/aromatic N) is 3. The highest BCUT2D eigenvalue weighted by Gasteiger charge is 2.24. The maximum atomic E-state index is 11.2. The SMILES string of the molecule is CCN(c1cc(C(=O)O)ccc1[N+](=O)[O-])C(C)CN(C)C. The van der Waals surface area contributed by atoms with E-state index >= 15 is 0 Å². The lowest BCUT2D eigenvalue weighted by Gasteiger charge is -2.31.